The van der Waals surface area contributed by atoms with Crippen molar-refractivity contribution in [2.24, 2.45) is 5.41 Å². The van der Waals surface area contributed by atoms with E-state index >= 15 is 0 Å². The molecule has 0 aromatic carbocycles. The van der Waals surface area contributed by atoms with Crippen LogP contribution in [0.15, 0.2) is 0 Å². The topological polar surface area (TPSA) is 32.3 Å². The average Bonchev–Trinajstić information content (AvgIpc) is 2.83. The van der Waals surface area contributed by atoms with Gasteiger partial charge in [-0.25, -0.2) is 0 Å². The lowest BCUT2D eigenvalue weighted by Gasteiger charge is -2.25. The van der Waals surface area contributed by atoms with Gasteiger partial charge in [0, 0.05) is 30.6 Å². The zero-order valence-electron chi connectivity index (χ0n) is 11.5. The third-order valence-corrected chi connectivity index (χ3v) is 4.08. The van der Waals surface area contributed by atoms with Crippen LogP contribution < -0.4 is 5.32 Å². The van der Waals surface area contributed by atoms with Crippen LogP contribution >= 0.6 is 0 Å². The summed E-state index contributed by atoms with van der Waals surface area (Å²) in [5.41, 5.74) is -0.263. The van der Waals surface area contributed by atoms with E-state index in [1.165, 1.54) is 32.2 Å². The Morgan fingerprint density at radius 2 is 1.82 bits per heavy atom. The van der Waals surface area contributed by atoms with E-state index in [0.717, 1.165) is 19.0 Å². The molecule has 1 N–H and O–H groups in total. The van der Waals surface area contributed by atoms with Crippen molar-refractivity contribution in [1.29, 1.82) is 0 Å². The van der Waals surface area contributed by atoms with E-state index < -0.39 is 0 Å². The standard InChI is InChI=1S/C14H26N2O/c1-14(2,3)13(17)15-11-8-9-16(10-11)12-6-4-5-7-12/h11-12H,4-10H2,1-3H3,(H,15,17). The third-order valence-electron chi connectivity index (χ3n) is 4.08. The fraction of sp³-hybridized carbons (Fsp3) is 0.929. The molecule has 2 rings (SSSR count). The van der Waals surface area contributed by atoms with Crippen molar-refractivity contribution >= 4 is 5.91 Å². The Hall–Kier alpha value is -0.570. The lowest BCUT2D eigenvalue weighted by atomic mass is 9.95. The highest BCUT2D eigenvalue weighted by atomic mass is 16.2. The Balaban J connectivity index is 1.80. The number of nitrogens with one attached hydrogen (secondary N) is 1. The van der Waals surface area contributed by atoms with E-state index in [4.69, 9.17) is 0 Å². The molecule has 0 spiro atoms. The summed E-state index contributed by atoms with van der Waals surface area (Å²) in [5.74, 6) is 0.191. The molecule has 1 unspecified atom stereocenters. The lowest BCUT2D eigenvalue weighted by Crippen LogP contribution is -2.43. The van der Waals surface area contributed by atoms with E-state index in [-0.39, 0.29) is 11.3 Å². The van der Waals surface area contributed by atoms with E-state index in [1.54, 1.807) is 0 Å². The van der Waals surface area contributed by atoms with Gasteiger partial charge in [0.05, 0.1) is 0 Å². The molecule has 2 aliphatic rings. The van der Waals surface area contributed by atoms with Gasteiger partial charge in [0.25, 0.3) is 0 Å². The van der Waals surface area contributed by atoms with Gasteiger partial charge in [-0.2, -0.15) is 0 Å². The van der Waals surface area contributed by atoms with Crippen LogP contribution in [0, 0.1) is 5.41 Å². The minimum absolute atomic E-state index is 0.191. The number of hydrogen-bond donors (Lipinski definition) is 1. The van der Waals surface area contributed by atoms with E-state index in [2.05, 4.69) is 10.2 Å². The predicted molar refractivity (Wildman–Crippen MR) is 69.8 cm³/mol. The van der Waals surface area contributed by atoms with Crippen molar-refractivity contribution in [1.82, 2.24) is 10.2 Å². The molecule has 3 heteroatoms. The largest absolute Gasteiger partial charge is 0.352 e. The molecule has 1 aliphatic heterocycles. The van der Waals surface area contributed by atoms with E-state index in [1.807, 2.05) is 20.8 Å². The van der Waals surface area contributed by atoms with Crippen molar-refractivity contribution in [2.75, 3.05) is 13.1 Å². The average molecular weight is 238 g/mol. The molecule has 3 nitrogen and oxygen atoms in total. The quantitative estimate of drug-likeness (QED) is 0.799. The molecule has 1 atom stereocenters. The van der Waals surface area contributed by atoms with Gasteiger partial charge in [0.15, 0.2) is 0 Å². The van der Waals surface area contributed by atoms with E-state index in [0.29, 0.717) is 6.04 Å². The highest BCUT2D eigenvalue weighted by Gasteiger charge is 2.32. The fourth-order valence-electron chi connectivity index (χ4n) is 2.91. The van der Waals surface area contributed by atoms with Crippen molar-refractivity contribution < 1.29 is 4.79 Å². The van der Waals surface area contributed by atoms with Crippen LogP contribution in [0.2, 0.25) is 0 Å². The maximum absolute atomic E-state index is 11.9. The molecule has 1 amide bonds. The third kappa shape index (κ3) is 3.21. The molecule has 1 saturated carbocycles. The molecule has 1 saturated heterocycles. The first-order chi connectivity index (χ1) is 7.97. The van der Waals surface area contributed by atoms with Crippen LogP contribution in [0.4, 0.5) is 0 Å². The number of likely N-dealkylation sites (tertiary alicyclic amines) is 1. The smallest absolute Gasteiger partial charge is 0.225 e. The molecule has 2 fully saturated rings. The molecule has 0 aromatic heterocycles. The number of nitrogens with zero attached hydrogens (tertiary/aromatic N) is 1. The van der Waals surface area contributed by atoms with Crippen molar-refractivity contribution in [3.05, 3.63) is 0 Å². The first-order valence-corrected chi connectivity index (χ1v) is 7.02. The second-order valence-corrected chi connectivity index (χ2v) is 6.64. The Labute approximate surface area is 105 Å². The highest BCUT2D eigenvalue weighted by molar-refractivity contribution is 5.81. The maximum Gasteiger partial charge on any atom is 0.225 e. The van der Waals surface area contributed by atoms with Gasteiger partial charge in [-0.1, -0.05) is 33.6 Å². The second-order valence-electron chi connectivity index (χ2n) is 6.64. The summed E-state index contributed by atoms with van der Waals surface area (Å²) in [6, 6.07) is 1.17. The minimum atomic E-state index is -0.263. The maximum atomic E-state index is 11.9. The van der Waals surface area contributed by atoms with Crippen LogP contribution in [-0.2, 0) is 4.79 Å². The van der Waals surface area contributed by atoms with Gasteiger partial charge in [0.1, 0.15) is 0 Å². The van der Waals surface area contributed by atoms with Gasteiger partial charge in [0.2, 0.25) is 5.91 Å². The number of hydrogen-bond acceptors (Lipinski definition) is 2. The fourth-order valence-corrected chi connectivity index (χ4v) is 2.91. The molecular weight excluding hydrogens is 212 g/mol. The summed E-state index contributed by atoms with van der Waals surface area (Å²) in [7, 11) is 0. The first-order valence-electron chi connectivity index (χ1n) is 7.02. The van der Waals surface area contributed by atoms with E-state index in [9.17, 15) is 4.79 Å². The van der Waals surface area contributed by atoms with Crippen molar-refractivity contribution in [3.8, 4) is 0 Å². The van der Waals surface area contributed by atoms with Gasteiger partial charge in [-0.3, -0.25) is 9.69 Å². The first kappa shape index (κ1) is 12.9. The van der Waals surface area contributed by atoms with Crippen molar-refractivity contribution in [3.63, 3.8) is 0 Å². The van der Waals surface area contributed by atoms with Gasteiger partial charge >= 0.3 is 0 Å². The Bertz CT molecular complexity index is 276. The molecule has 1 aliphatic carbocycles. The van der Waals surface area contributed by atoms with Crippen LogP contribution in [0.3, 0.4) is 0 Å². The highest BCUT2D eigenvalue weighted by Crippen LogP contribution is 2.26. The second kappa shape index (κ2) is 4.97. The summed E-state index contributed by atoms with van der Waals surface area (Å²) in [5, 5.41) is 3.19. The van der Waals surface area contributed by atoms with Crippen LogP contribution in [-0.4, -0.2) is 36.0 Å². The number of amides is 1. The van der Waals surface area contributed by atoms with Crippen LogP contribution in [0.1, 0.15) is 52.9 Å². The summed E-state index contributed by atoms with van der Waals surface area (Å²) in [6.07, 6.45) is 6.62. The Morgan fingerprint density at radius 1 is 1.18 bits per heavy atom. The molecule has 0 bridgehead atoms. The predicted octanol–water partition coefficient (Wildman–Crippen LogP) is 2.17. The minimum Gasteiger partial charge on any atom is -0.352 e. The Kier molecular flexibility index (Phi) is 3.76. The number of carbonyl (C=O) groups is 1. The monoisotopic (exact) mass is 238 g/mol. The van der Waals surface area contributed by atoms with Gasteiger partial charge in [-0.15, -0.1) is 0 Å². The molecule has 98 valence electrons. The zero-order valence-corrected chi connectivity index (χ0v) is 11.5. The summed E-state index contributed by atoms with van der Waals surface area (Å²) < 4.78 is 0. The summed E-state index contributed by atoms with van der Waals surface area (Å²) in [4.78, 5) is 14.5. The Morgan fingerprint density at radius 3 is 2.41 bits per heavy atom. The molecule has 0 aromatic rings. The zero-order chi connectivity index (χ0) is 12.5. The normalized spacial score (nSPS) is 27.6. The lowest BCUT2D eigenvalue weighted by molar-refractivity contribution is -0.129. The van der Waals surface area contributed by atoms with Crippen LogP contribution in [0.25, 0.3) is 0 Å². The molecule has 0 radical (unpaired) electrons. The van der Waals surface area contributed by atoms with Gasteiger partial charge in [-0.05, 0) is 19.3 Å². The molecular formula is C14H26N2O. The summed E-state index contributed by atoms with van der Waals surface area (Å²) >= 11 is 0. The molecule has 17 heavy (non-hydrogen) atoms. The van der Waals surface area contributed by atoms with Crippen molar-refractivity contribution in [2.45, 2.75) is 65.0 Å². The summed E-state index contributed by atoms with van der Waals surface area (Å²) in [6.45, 7) is 8.16. The number of rotatable bonds is 2. The SMILES string of the molecule is CC(C)(C)C(=O)NC1CCN(C2CCCC2)C1. The van der Waals surface area contributed by atoms with Crippen LogP contribution in [0.5, 0.6) is 0 Å². The molecule has 1 heterocycles. The van der Waals surface area contributed by atoms with Gasteiger partial charge < -0.3 is 5.32 Å². The number of carbonyl (C=O) groups excluding carboxylic acids is 1.